The SMILES string of the molecule is CC(C)N(C(C)CO)C1(C#N)CC1. The molecule has 1 unspecified atom stereocenters. The molecule has 1 atom stereocenters. The number of nitriles is 1. The van der Waals surface area contributed by atoms with Crippen LogP contribution in [-0.2, 0) is 0 Å². The molecule has 1 aliphatic rings. The van der Waals surface area contributed by atoms with Crippen molar-refractivity contribution in [2.24, 2.45) is 0 Å². The van der Waals surface area contributed by atoms with Gasteiger partial charge in [-0.2, -0.15) is 5.26 Å². The molecule has 1 aliphatic carbocycles. The molecular formula is C10H18N2O. The quantitative estimate of drug-likeness (QED) is 0.709. The van der Waals surface area contributed by atoms with Crippen LogP contribution in [0.5, 0.6) is 0 Å². The van der Waals surface area contributed by atoms with Crippen LogP contribution < -0.4 is 0 Å². The molecule has 1 fully saturated rings. The van der Waals surface area contributed by atoms with Crippen molar-refractivity contribution < 1.29 is 5.11 Å². The number of nitrogens with zero attached hydrogens (tertiary/aromatic N) is 2. The Kier molecular flexibility index (Phi) is 2.94. The van der Waals surface area contributed by atoms with E-state index in [4.69, 9.17) is 10.4 Å². The summed E-state index contributed by atoms with van der Waals surface area (Å²) in [6, 6.07) is 2.77. The molecule has 1 N–H and O–H groups in total. The first-order valence-electron chi connectivity index (χ1n) is 4.88. The first kappa shape index (κ1) is 10.5. The lowest BCUT2D eigenvalue weighted by molar-refractivity contribution is 0.0742. The van der Waals surface area contributed by atoms with Crippen molar-refractivity contribution in [2.75, 3.05) is 6.61 Å². The zero-order chi connectivity index (χ0) is 10.1. The van der Waals surface area contributed by atoms with Crippen LogP contribution in [0.4, 0.5) is 0 Å². The fourth-order valence-corrected chi connectivity index (χ4v) is 2.06. The van der Waals surface area contributed by atoms with Gasteiger partial charge in [0.1, 0.15) is 5.54 Å². The van der Waals surface area contributed by atoms with Gasteiger partial charge in [-0.25, -0.2) is 0 Å². The topological polar surface area (TPSA) is 47.3 Å². The molecule has 0 aromatic rings. The second-order valence-corrected chi connectivity index (χ2v) is 4.18. The highest BCUT2D eigenvalue weighted by Gasteiger charge is 2.51. The summed E-state index contributed by atoms with van der Waals surface area (Å²) >= 11 is 0. The molecule has 0 radical (unpaired) electrons. The zero-order valence-electron chi connectivity index (χ0n) is 8.62. The van der Waals surface area contributed by atoms with E-state index in [1.165, 1.54) is 0 Å². The van der Waals surface area contributed by atoms with Crippen LogP contribution in [0.2, 0.25) is 0 Å². The molecule has 3 heteroatoms. The van der Waals surface area contributed by atoms with Crippen molar-refractivity contribution in [3.8, 4) is 6.07 Å². The highest BCUT2D eigenvalue weighted by Crippen LogP contribution is 2.43. The predicted molar refractivity (Wildman–Crippen MR) is 51.1 cm³/mol. The predicted octanol–water partition coefficient (Wildman–Crippen LogP) is 1.13. The first-order chi connectivity index (χ1) is 6.07. The van der Waals surface area contributed by atoms with Crippen LogP contribution in [-0.4, -0.2) is 34.2 Å². The Hall–Kier alpha value is -0.590. The minimum absolute atomic E-state index is 0.0853. The van der Waals surface area contributed by atoms with Gasteiger partial charge in [-0.15, -0.1) is 0 Å². The van der Waals surface area contributed by atoms with Crippen molar-refractivity contribution in [1.82, 2.24) is 4.90 Å². The Morgan fingerprint density at radius 2 is 2.00 bits per heavy atom. The summed E-state index contributed by atoms with van der Waals surface area (Å²) in [5.74, 6) is 0. The summed E-state index contributed by atoms with van der Waals surface area (Å²) < 4.78 is 0. The van der Waals surface area contributed by atoms with E-state index in [1.807, 2.05) is 6.92 Å². The molecule has 0 aliphatic heterocycles. The molecular weight excluding hydrogens is 164 g/mol. The standard InChI is InChI=1S/C10H18N2O/c1-8(2)12(9(3)6-13)10(7-11)4-5-10/h8-9,13H,4-6H2,1-3H3. The average molecular weight is 182 g/mol. The Balaban J connectivity index is 2.75. The van der Waals surface area contributed by atoms with Gasteiger partial charge in [-0.1, -0.05) is 0 Å². The lowest BCUT2D eigenvalue weighted by atomic mass is 10.1. The van der Waals surface area contributed by atoms with Gasteiger partial charge >= 0.3 is 0 Å². The molecule has 13 heavy (non-hydrogen) atoms. The lowest BCUT2D eigenvalue weighted by Gasteiger charge is -2.35. The maximum absolute atomic E-state index is 9.09. The minimum atomic E-state index is -0.268. The van der Waals surface area contributed by atoms with Gasteiger partial charge in [0.15, 0.2) is 0 Å². The zero-order valence-corrected chi connectivity index (χ0v) is 8.62. The highest BCUT2D eigenvalue weighted by atomic mass is 16.3. The molecule has 0 saturated heterocycles. The molecule has 0 heterocycles. The van der Waals surface area contributed by atoms with Crippen LogP contribution >= 0.6 is 0 Å². The molecule has 0 amide bonds. The fourth-order valence-electron chi connectivity index (χ4n) is 2.06. The summed E-state index contributed by atoms with van der Waals surface area (Å²) in [5, 5.41) is 18.1. The van der Waals surface area contributed by atoms with Gasteiger partial charge < -0.3 is 5.11 Å². The monoisotopic (exact) mass is 182 g/mol. The second kappa shape index (κ2) is 3.65. The molecule has 0 aromatic heterocycles. The molecule has 3 nitrogen and oxygen atoms in total. The first-order valence-corrected chi connectivity index (χ1v) is 4.88. The maximum atomic E-state index is 9.09. The number of hydrogen-bond donors (Lipinski definition) is 1. The highest BCUT2D eigenvalue weighted by molar-refractivity contribution is 5.20. The smallest absolute Gasteiger partial charge is 0.109 e. The third kappa shape index (κ3) is 1.84. The largest absolute Gasteiger partial charge is 0.395 e. The van der Waals surface area contributed by atoms with Gasteiger partial charge in [0.25, 0.3) is 0 Å². The Bertz CT molecular complexity index is 215. The second-order valence-electron chi connectivity index (χ2n) is 4.18. The molecule has 74 valence electrons. The van der Waals surface area contributed by atoms with Crippen LogP contribution in [0.1, 0.15) is 33.6 Å². The van der Waals surface area contributed by atoms with E-state index in [2.05, 4.69) is 24.8 Å². The molecule has 0 spiro atoms. The van der Waals surface area contributed by atoms with Crippen molar-refractivity contribution in [3.05, 3.63) is 0 Å². The van der Waals surface area contributed by atoms with Crippen LogP contribution in [0, 0.1) is 11.3 Å². The Labute approximate surface area is 80.0 Å². The number of hydrogen-bond acceptors (Lipinski definition) is 3. The number of rotatable bonds is 4. The third-order valence-electron chi connectivity index (χ3n) is 2.72. The van der Waals surface area contributed by atoms with E-state index in [0.29, 0.717) is 6.04 Å². The third-order valence-corrected chi connectivity index (χ3v) is 2.72. The molecule has 0 aromatic carbocycles. The summed E-state index contributed by atoms with van der Waals surface area (Å²) in [6.45, 7) is 6.24. The Morgan fingerprint density at radius 1 is 1.46 bits per heavy atom. The van der Waals surface area contributed by atoms with Crippen molar-refractivity contribution >= 4 is 0 Å². The van der Waals surface area contributed by atoms with E-state index in [9.17, 15) is 0 Å². The normalized spacial score (nSPS) is 21.6. The van der Waals surface area contributed by atoms with Crippen molar-refractivity contribution in [2.45, 2.75) is 51.2 Å². The lowest BCUT2D eigenvalue weighted by Crippen LogP contribution is -2.48. The van der Waals surface area contributed by atoms with Crippen LogP contribution in [0.25, 0.3) is 0 Å². The van der Waals surface area contributed by atoms with Gasteiger partial charge in [0.05, 0.1) is 12.7 Å². The van der Waals surface area contributed by atoms with Gasteiger partial charge in [0.2, 0.25) is 0 Å². The van der Waals surface area contributed by atoms with Gasteiger partial charge in [-0.3, -0.25) is 4.90 Å². The minimum Gasteiger partial charge on any atom is -0.395 e. The van der Waals surface area contributed by atoms with E-state index >= 15 is 0 Å². The average Bonchev–Trinajstić information content (AvgIpc) is 2.85. The molecule has 1 rings (SSSR count). The van der Waals surface area contributed by atoms with E-state index < -0.39 is 0 Å². The van der Waals surface area contributed by atoms with E-state index in [0.717, 1.165) is 12.8 Å². The van der Waals surface area contributed by atoms with Crippen LogP contribution in [0.3, 0.4) is 0 Å². The summed E-state index contributed by atoms with van der Waals surface area (Å²) in [4.78, 5) is 2.13. The number of aliphatic hydroxyl groups excluding tert-OH is 1. The van der Waals surface area contributed by atoms with Gasteiger partial charge in [-0.05, 0) is 33.6 Å². The fraction of sp³-hybridized carbons (Fsp3) is 0.900. The summed E-state index contributed by atoms with van der Waals surface area (Å²) in [7, 11) is 0. The van der Waals surface area contributed by atoms with Crippen molar-refractivity contribution in [3.63, 3.8) is 0 Å². The summed E-state index contributed by atoms with van der Waals surface area (Å²) in [5.41, 5.74) is -0.268. The number of aliphatic hydroxyl groups is 1. The maximum Gasteiger partial charge on any atom is 0.109 e. The molecule has 0 bridgehead atoms. The Morgan fingerprint density at radius 3 is 2.23 bits per heavy atom. The van der Waals surface area contributed by atoms with Gasteiger partial charge in [0, 0.05) is 12.1 Å². The molecule has 1 saturated carbocycles. The summed E-state index contributed by atoms with van der Waals surface area (Å²) in [6.07, 6.45) is 1.90. The van der Waals surface area contributed by atoms with E-state index in [1.54, 1.807) is 0 Å². The van der Waals surface area contributed by atoms with Crippen molar-refractivity contribution in [1.29, 1.82) is 5.26 Å². The van der Waals surface area contributed by atoms with E-state index in [-0.39, 0.29) is 18.2 Å². The van der Waals surface area contributed by atoms with Crippen LogP contribution in [0.15, 0.2) is 0 Å².